The topological polar surface area (TPSA) is 95.7 Å². The Morgan fingerprint density at radius 2 is 1.88 bits per heavy atom. The zero-order valence-corrected chi connectivity index (χ0v) is 14.4. The number of hydrogen-bond acceptors (Lipinski definition) is 4. The lowest BCUT2D eigenvalue weighted by Gasteiger charge is -2.32. The molecule has 2 amide bonds. The van der Waals surface area contributed by atoms with Crippen LogP contribution in [0.4, 0.5) is 0 Å². The lowest BCUT2D eigenvalue weighted by atomic mass is 9.94. The summed E-state index contributed by atoms with van der Waals surface area (Å²) in [6, 6.07) is 0.223. The van der Waals surface area contributed by atoms with Crippen molar-refractivity contribution in [2.24, 2.45) is 7.05 Å². The van der Waals surface area contributed by atoms with Gasteiger partial charge in [-0.15, -0.1) is 0 Å². The van der Waals surface area contributed by atoms with Crippen molar-refractivity contribution in [1.29, 1.82) is 0 Å². The number of aromatic carboxylic acids is 1. The standard InChI is InChI=1S/C16H24N4O4/c1-18(10-13(21)19(2)11-7-5-4-6-8-11)15(22)14-12(16(23)24)9-17-20(14)3/h9,11H,4-8,10H2,1-3H3,(H,23,24). The molecule has 0 saturated heterocycles. The Morgan fingerprint density at radius 1 is 1.25 bits per heavy atom. The first-order chi connectivity index (χ1) is 11.3. The number of nitrogens with zero attached hydrogens (tertiary/aromatic N) is 4. The normalized spacial score (nSPS) is 15.1. The first kappa shape index (κ1) is 18.0. The van der Waals surface area contributed by atoms with E-state index in [1.807, 2.05) is 0 Å². The molecule has 0 spiro atoms. The molecule has 0 bridgehead atoms. The molecule has 24 heavy (non-hydrogen) atoms. The molecule has 0 radical (unpaired) electrons. The molecule has 1 aliphatic carbocycles. The highest BCUT2D eigenvalue weighted by molar-refractivity contribution is 6.04. The third kappa shape index (κ3) is 3.74. The fraction of sp³-hybridized carbons (Fsp3) is 0.625. The van der Waals surface area contributed by atoms with Crippen LogP contribution in [-0.2, 0) is 11.8 Å². The van der Waals surface area contributed by atoms with Crippen molar-refractivity contribution < 1.29 is 19.5 Å². The predicted octanol–water partition coefficient (Wildman–Crippen LogP) is 0.981. The fourth-order valence-corrected chi connectivity index (χ4v) is 3.09. The van der Waals surface area contributed by atoms with Crippen molar-refractivity contribution in [2.45, 2.75) is 38.1 Å². The predicted molar refractivity (Wildman–Crippen MR) is 86.8 cm³/mol. The quantitative estimate of drug-likeness (QED) is 0.865. The molecule has 0 atom stereocenters. The molecule has 0 aromatic carbocycles. The van der Waals surface area contributed by atoms with Crippen LogP contribution in [0.15, 0.2) is 6.20 Å². The van der Waals surface area contributed by atoms with Crippen molar-refractivity contribution in [3.05, 3.63) is 17.5 Å². The Hall–Kier alpha value is -2.38. The molecule has 1 fully saturated rings. The van der Waals surface area contributed by atoms with Crippen LogP contribution in [0.5, 0.6) is 0 Å². The monoisotopic (exact) mass is 336 g/mol. The molecule has 0 unspecified atom stereocenters. The highest BCUT2D eigenvalue weighted by Crippen LogP contribution is 2.21. The second-order valence-electron chi connectivity index (χ2n) is 6.29. The molecule has 0 aliphatic heterocycles. The molecule has 1 aliphatic rings. The number of carbonyl (C=O) groups excluding carboxylic acids is 2. The number of amides is 2. The number of rotatable bonds is 5. The van der Waals surface area contributed by atoms with Crippen molar-refractivity contribution in [2.75, 3.05) is 20.6 Å². The Bertz CT molecular complexity index is 634. The Balaban J connectivity index is 2.04. The van der Waals surface area contributed by atoms with Gasteiger partial charge in [0.25, 0.3) is 5.91 Å². The molecule has 1 heterocycles. The van der Waals surface area contributed by atoms with Gasteiger partial charge in [-0.1, -0.05) is 19.3 Å². The summed E-state index contributed by atoms with van der Waals surface area (Å²) in [5.41, 5.74) is -0.194. The fourth-order valence-electron chi connectivity index (χ4n) is 3.09. The highest BCUT2D eigenvalue weighted by atomic mass is 16.4. The van der Waals surface area contributed by atoms with E-state index in [1.54, 1.807) is 11.9 Å². The summed E-state index contributed by atoms with van der Waals surface area (Å²) in [4.78, 5) is 39.1. The van der Waals surface area contributed by atoms with Crippen LogP contribution in [0.1, 0.15) is 53.0 Å². The lowest BCUT2D eigenvalue weighted by molar-refractivity contribution is -0.133. The number of carboxylic acids is 1. The third-order valence-electron chi connectivity index (χ3n) is 4.61. The lowest BCUT2D eigenvalue weighted by Crippen LogP contribution is -2.45. The molecule has 1 N–H and O–H groups in total. The zero-order chi connectivity index (χ0) is 17.9. The van der Waals surface area contributed by atoms with Crippen molar-refractivity contribution in [3.63, 3.8) is 0 Å². The molecule has 8 heteroatoms. The second kappa shape index (κ2) is 7.46. The van der Waals surface area contributed by atoms with E-state index in [0.717, 1.165) is 31.9 Å². The van der Waals surface area contributed by atoms with E-state index in [9.17, 15) is 14.4 Å². The van der Waals surface area contributed by atoms with Crippen LogP contribution < -0.4 is 0 Å². The van der Waals surface area contributed by atoms with E-state index < -0.39 is 11.9 Å². The SMILES string of the molecule is CN(CC(=O)N(C)C1CCCCC1)C(=O)c1c(C(=O)O)cnn1C. The molecular weight excluding hydrogens is 312 g/mol. The molecule has 8 nitrogen and oxygen atoms in total. The first-order valence-corrected chi connectivity index (χ1v) is 8.09. The number of carbonyl (C=O) groups is 3. The maximum Gasteiger partial charge on any atom is 0.339 e. The van der Waals surface area contributed by atoms with Crippen LogP contribution in [-0.4, -0.2) is 69.2 Å². The van der Waals surface area contributed by atoms with Crippen molar-refractivity contribution >= 4 is 17.8 Å². The second-order valence-corrected chi connectivity index (χ2v) is 6.29. The van der Waals surface area contributed by atoms with Crippen molar-refractivity contribution in [1.82, 2.24) is 19.6 Å². The summed E-state index contributed by atoms with van der Waals surface area (Å²) in [7, 11) is 4.76. The van der Waals surface area contributed by atoms with Gasteiger partial charge >= 0.3 is 5.97 Å². The van der Waals surface area contributed by atoms with E-state index in [0.29, 0.717) is 0 Å². The molecule has 132 valence electrons. The number of carboxylic acid groups (broad SMARTS) is 1. The average molecular weight is 336 g/mol. The minimum Gasteiger partial charge on any atom is -0.478 e. The summed E-state index contributed by atoms with van der Waals surface area (Å²) in [5, 5.41) is 13.0. The van der Waals surface area contributed by atoms with E-state index in [1.165, 1.54) is 30.1 Å². The van der Waals surface area contributed by atoms with Crippen LogP contribution in [0.25, 0.3) is 0 Å². The van der Waals surface area contributed by atoms with Crippen LogP contribution in [0, 0.1) is 0 Å². The summed E-state index contributed by atoms with van der Waals surface area (Å²) in [6.45, 7) is -0.0872. The van der Waals surface area contributed by atoms with Gasteiger partial charge in [0, 0.05) is 27.2 Å². The Labute approximate surface area is 141 Å². The van der Waals surface area contributed by atoms with Gasteiger partial charge in [0.15, 0.2) is 0 Å². The van der Waals surface area contributed by atoms with Gasteiger partial charge in [-0.2, -0.15) is 5.10 Å². The van der Waals surface area contributed by atoms with E-state index in [2.05, 4.69) is 5.10 Å². The summed E-state index contributed by atoms with van der Waals surface area (Å²) >= 11 is 0. The Morgan fingerprint density at radius 3 is 2.46 bits per heavy atom. The zero-order valence-electron chi connectivity index (χ0n) is 14.4. The van der Waals surface area contributed by atoms with Crippen LogP contribution in [0.2, 0.25) is 0 Å². The van der Waals surface area contributed by atoms with E-state index >= 15 is 0 Å². The van der Waals surface area contributed by atoms with Crippen molar-refractivity contribution in [3.8, 4) is 0 Å². The maximum absolute atomic E-state index is 12.5. The first-order valence-electron chi connectivity index (χ1n) is 8.09. The number of aromatic nitrogens is 2. The van der Waals surface area contributed by atoms with Gasteiger partial charge in [-0.05, 0) is 12.8 Å². The smallest absolute Gasteiger partial charge is 0.339 e. The number of likely N-dealkylation sites (N-methyl/N-ethyl adjacent to an activating group) is 2. The number of hydrogen-bond donors (Lipinski definition) is 1. The van der Waals surface area contributed by atoms with Gasteiger partial charge in [-0.3, -0.25) is 14.3 Å². The Kier molecular flexibility index (Phi) is 5.58. The summed E-state index contributed by atoms with van der Waals surface area (Å²) in [6.07, 6.45) is 6.56. The third-order valence-corrected chi connectivity index (χ3v) is 4.61. The minimum atomic E-state index is -1.22. The largest absolute Gasteiger partial charge is 0.478 e. The van der Waals surface area contributed by atoms with Gasteiger partial charge in [0.2, 0.25) is 5.91 Å². The minimum absolute atomic E-state index is 0.0295. The summed E-state index contributed by atoms with van der Waals surface area (Å²) < 4.78 is 1.22. The van der Waals surface area contributed by atoms with Gasteiger partial charge in [0.1, 0.15) is 11.3 Å². The van der Waals surface area contributed by atoms with E-state index in [-0.39, 0.29) is 29.8 Å². The van der Waals surface area contributed by atoms with Gasteiger partial charge in [-0.25, -0.2) is 4.79 Å². The molecular formula is C16H24N4O4. The molecule has 2 rings (SSSR count). The average Bonchev–Trinajstić information content (AvgIpc) is 2.95. The molecule has 1 saturated carbocycles. The molecule has 1 aromatic rings. The van der Waals surface area contributed by atoms with Crippen LogP contribution >= 0.6 is 0 Å². The highest BCUT2D eigenvalue weighted by Gasteiger charge is 2.28. The molecule has 1 aromatic heterocycles. The number of aryl methyl sites for hydroxylation is 1. The summed E-state index contributed by atoms with van der Waals surface area (Å²) in [5.74, 6) is -1.89. The van der Waals surface area contributed by atoms with E-state index in [4.69, 9.17) is 5.11 Å². The van der Waals surface area contributed by atoms with Gasteiger partial charge < -0.3 is 14.9 Å². The van der Waals surface area contributed by atoms with Crippen LogP contribution in [0.3, 0.4) is 0 Å². The maximum atomic E-state index is 12.5. The van der Waals surface area contributed by atoms with Gasteiger partial charge in [0.05, 0.1) is 12.7 Å².